The molecule has 1 saturated heterocycles. The second kappa shape index (κ2) is 7.79. The molecule has 1 atom stereocenters. The number of ether oxygens (including phenoxy) is 2. The summed E-state index contributed by atoms with van der Waals surface area (Å²) in [6.07, 6.45) is 3.70. The molecule has 0 aliphatic carbocycles. The largest absolute Gasteiger partial charge is 0.491 e. The Kier molecular flexibility index (Phi) is 5.28. The van der Waals surface area contributed by atoms with Crippen LogP contribution in [0.2, 0.25) is 0 Å². The fourth-order valence-electron chi connectivity index (χ4n) is 2.55. The molecule has 24 heavy (non-hydrogen) atoms. The van der Waals surface area contributed by atoms with Crippen LogP contribution < -0.4 is 15.6 Å². The molecule has 6 nitrogen and oxygen atoms in total. The second-order valence-corrected chi connectivity index (χ2v) is 5.72. The van der Waals surface area contributed by atoms with Gasteiger partial charge in [-0.2, -0.15) is 0 Å². The van der Waals surface area contributed by atoms with Gasteiger partial charge in [-0.05, 0) is 36.6 Å². The average molecular weight is 328 g/mol. The van der Waals surface area contributed by atoms with E-state index in [4.69, 9.17) is 9.47 Å². The Hall–Kier alpha value is -2.60. The summed E-state index contributed by atoms with van der Waals surface area (Å²) in [4.78, 5) is 25.5. The number of carbonyl (C=O) groups is 1. The maximum atomic E-state index is 12.0. The molecular weight excluding hydrogens is 308 g/mol. The highest BCUT2D eigenvalue weighted by Gasteiger charge is 2.16. The van der Waals surface area contributed by atoms with Crippen LogP contribution in [0.15, 0.2) is 47.4 Å². The van der Waals surface area contributed by atoms with Crippen molar-refractivity contribution in [3.63, 3.8) is 0 Å². The minimum Gasteiger partial charge on any atom is -0.491 e. The van der Waals surface area contributed by atoms with E-state index >= 15 is 0 Å². The third-order valence-corrected chi connectivity index (χ3v) is 3.86. The van der Waals surface area contributed by atoms with Gasteiger partial charge in [-0.3, -0.25) is 9.59 Å². The second-order valence-electron chi connectivity index (χ2n) is 5.72. The Morgan fingerprint density at radius 1 is 1.33 bits per heavy atom. The van der Waals surface area contributed by atoms with Crippen molar-refractivity contribution < 1.29 is 14.3 Å². The predicted octanol–water partition coefficient (Wildman–Crippen LogP) is 1.86. The summed E-state index contributed by atoms with van der Waals surface area (Å²) in [5.74, 6) is 0.526. The summed E-state index contributed by atoms with van der Waals surface area (Å²) < 4.78 is 11.3. The molecule has 2 N–H and O–H groups in total. The van der Waals surface area contributed by atoms with Crippen LogP contribution in [0.1, 0.15) is 28.8 Å². The van der Waals surface area contributed by atoms with Gasteiger partial charge in [0.1, 0.15) is 12.4 Å². The molecule has 0 radical (unpaired) electrons. The molecule has 0 bridgehead atoms. The highest BCUT2D eigenvalue weighted by atomic mass is 16.5. The maximum Gasteiger partial charge on any atom is 0.253 e. The first kappa shape index (κ1) is 16.3. The first-order chi connectivity index (χ1) is 11.7. The number of rotatable bonds is 6. The Labute approximate surface area is 139 Å². The Morgan fingerprint density at radius 2 is 2.25 bits per heavy atom. The van der Waals surface area contributed by atoms with E-state index in [-0.39, 0.29) is 17.6 Å². The highest BCUT2D eigenvalue weighted by Crippen LogP contribution is 2.17. The highest BCUT2D eigenvalue weighted by molar-refractivity contribution is 5.93. The van der Waals surface area contributed by atoms with Gasteiger partial charge in [-0.15, -0.1) is 0 Å². The number of benzene rings is 1. The Morgan fingerprint density at radius 3 is 3.00 bits per heavy atom. The maximum absolute atomic E-state index is 12.0. The summed E-state index contributed by atoms with van der Waals surface area (Å²) in [6, 6.07) is 10.4. The molecule has 6 heteroatoms. The third kappa shape index (κ3) is 4.45. The minimum absolute atomic E-state index is 0.175. The summed E-state index contributed by atoms with van der Waals surface area (Å²) >= 11 is 0. The first-order valence-electron chi connectivity index (χ1n) is 8.01. The molecule has 0 unspecified atom stereocenters. The number of hydrogen-bond donors (Lipinski definition) is 2. The molecule has 1 amide bonds. The normalized spacial score (nSPS) is 16.8. The number of pyridine rings is 1. The lowest BCUT2D eigenvalue weighted by Crippen LogP contribution is -2.23. The molecular formula is C18H20N2O4. The van der Waals surface area contributed by atoms with Crippen molar-refractivity contribution in [2.75, 3.05) is 13.2 Å². The van der Waals surface area contributed by atoms with Crippen molar-refractivity contribution in [1.82, 2.24) is 10.3 Å². The van der Waals surface area contributed by atoms with Crippen LogP contribution >= 0.6 is 0 Å². The molecule has 2 aromatic rings. The average Bonchev–Trinajstić information content (AvgIpc) is 3.12. The summed E-state index contributed by atoms with van der Waals surface area (Å²) in [5, 5.41) is 2.82. The van der Waals surface area contributed by atoms with Gasteiger partial charge in [0, 0.05) is 25.4 Å². The summed E-state index contributed by atoms with van der Waals surface area (Å²) in [5.41, 5.74) is 1.13. The van der Waals surface area contributed by atoms with E-state index in [2.05, 4.69) is 10.3 Å². The van der Waals surface area contributed by atoms with E-state index in [1.165, 1.54) is 18.3 Å². The van der Waals surface area contributed by atoms with Crippen LogP contribution in [0.5, 0.6) is 5.75 Å². The molecule has 0 saturated carbocycles. The van der Waals surface area contributed by atoms with Crippen LogP contribution in [0.4, 0.5) is 0 Å². The van der Waals surface area contributed by atoms with Gasteiger partial charge < -0.3 is 19.8 Å². The number of aromatic amines is 1. The number of nitrogens with one attached hydrogen (secondary N) is 2. The lowest BCUT2D eigenvalue weighted by molar-refractivity contribution is 0.0679. The van der Waals surface area contributed by atoms with Gasteiger partial charge in [-0.1, -0.05) is 12.1 Å². The van der Waals surface area contributed by atoms with Gasteiger partial charge in [0.05, 0.1) is 11.7 Å². The van der Waals surface area contributed by atoms with Crippen LogP contribution in [0, 0.1) is 0 Å². The quantitative estimate of drug-likeness (QED) is 0.848. The summed E-state index contributed by atoms with van der Waals surface area (Å²) in [7, 11) is 0. The Balaban J connectivity index is 1.53. The molecule has 1 aromatic heterocycles. The number of hydrogen-bond acceptors (Lipinski definition) is 4. The van der Waals surface area contributed by atoms with Crippen LogP contribution in [0.3, 0.4) is 0 Å². The monoisotopic (exact) mass is 328 g/mol. The molecule has 126 valence electrons. The number of amides is 1. The zero-order valence-electron chi connectivity index (χ0n) is 13.3. The predicted molar refractivity (Wildman–Crippen MR) is 89.1 cm³/mol. The SMILES string of the molecule is O=C(NCc1cccc(OC[C@H]2CCCO2)c1)c1ccc(=O)[nH]c1. The first-order valence-corrected chi connectivity index (χ1v) is 8.01. The van der Waals surface area contributed by atoms with E-state index in [1.54, 1.807) is 0 Å². The standard InChI is InChI=1S/C18H20N2O4/c21-17-7-6-14(11-19-17)18(22)20-10-13-3-1-4-15(9-13)24-12-16-5-2-8-23-16/h1,3-4,6-7,9,11,16H,2,5,8,10,12H2,(H,19,21)(H,20,22)/t16-/m1/s1. The minimum atomic E-state index is -0.239. The van der Waals surface area contributed by atoms with E-state index in [0.29, 0.717) is 18.7 Å². The molecule has 1 aliphatic heterocycles. The fraction of sp³-hybridized carbons (Fsp3) is 0.333. The lowest BCUT2D eigenvalue weighted by Gasteiger charge is -2.12. The third-order valence-electron chi connectivity index (χ3n) is 3.86. The van der Waals surface area contributed by atoms with Crippen molar-refractivity contribution in [2.45, 2.75) is 25.5 Å². The van der Waals surface area contributed by atoms with E-state index in [0.717, 1.165) is 30.8 Å². The summed E-state index contributed by atoms with van der Waals surface area (Å²) in [6.45, 7) is 1.74. The van der Waals surface area contributed by atoms with Crippen molar-refractivity contribution in [2.24, 2.45) is 0 Å². The zero-order chi connectivity index (χ0) is 16.8. The van der Waals surface area contributed by atoms with Gasteiger partial charge in [0.2, 0.25) is 5.56 Å². The number of H-pyrrole nitrogens is 1. The van der Waals surface area contributed by atoms with Gasteiger partial charge in [0.15, 0.2) is 0 Å². The van der Waals surface area contributed by atoms with E-state index in [9.17, 15) is 9.59 Å². The molecule has 1 aliphatic rings. The smallest absolute Gasteiger partial charge is 0.253 e. The number of carbonyl (C=O) groups excluding carboxylic acids is 1. The van der Waals surface area contributed by atoms with Crippen molar-refractivity contribution in [3.8, 4) is 5.75 Å². The van der Waals surface area contributed by atoms with E-state index in [1.807, 2.05) is 24.3 Å². The zero-order valence-corrected chi connectivity index (χ0v) is 13.3. The Bertz CT molecular complexity index is 730. The van der Waals surface area contributed by atoms with Gasteiger partial charge in [-0.25, -0.2) is 0 Å². The van der Waals surface area contributed by atoms with Crippen LogP contribution in [0.25, 0.3) is 0 Å². The van der Waals surface area contributed by atoms with Crippen LogP contribution in [-0.4, -0.2) is 30.2 Å². The molecule has 1 aromatic carbocycles. The fourth-order valence-corrected chi connectivity index (χ4v) is 2.55. The van der Waals surface area contributed by atoms with E-state index < -0.39 is 0 Å². The molecule has 1 fully saturated rings. The molecule has 3 rings (SSSR count). The van der Waals surface area contributed by atoms with Crippen molar-refractivity contribution >= 4 is 5.91 Å². The van der Waals surface area contributed by atoms with Gasteiger partial charge >= 0.3 is 0 Å². The number of aromatic nitrogens is 1. The molecule has 0 spiro atoms. The molecule has 2 heterocycles. The van der Waals surface area contributed by atoms with Gasteiger partial charge in [0.25, 0.3) is 5.91 Å². The van der Waals surface area contributed by atoms with Crippen LogP contribution in [-0.2, 0) is 11.3 Å². The van der Waals surface area contributed by atoms with Crippen molar-refractivity contribution in [1.29, 1.82) is 0 Å². The topological polar surface area (TPSA) is 80.4 Å². The lowest BCUT2D eigenvalue weighted by atomic mass is 10.2. The van der Waals surface area contributed by atoms with Crippen molar-refractivity contribution in [3.05, 3.63) is 64.1 Å².